The van der Waals surface area contributed by atoms with Crippen LogP contribution in [-0.2, 0) is 0 Å². The summed E-state index contributed by atoms with van der Waals surface area (Å²) in [6.45, 7) is 0.686. The highest BCUT2D eigenvalue weighted by molar-refractivity contribution is 6.10. The van der Waals surface area contributed by atoms with Gasteiger partial charge in [0.2, 0.25) is 0 Å². The van der Waals surface area contributed by atoms with Crippen LogP contribution < -0.4 is 0 Å². The molecule has 2 aliphatic heterocycles. The molecule has 0 saturated heterocycles. The van der Waals surface area contributed by atoms with Crippen LogP contribution in [0, 0.1) is 0 Å². The number of rotatable bonds is 1. The molecule has 0 unspecified atom stereocenters. The van der Waals surface area contributed by atoms with Gasteiger partial charge >= 0.3 is 0 Å². The number of nitrogens with zero attached hydrogens (tertiary/aromatic N) is 3. The summed E-state index contributed by atoms with van der Waals surface area (Å²) in [6.07, 6.45) is 7.66. The van der Waals surface area contributed by atoms with Gasteiger partial charge in [-0.25, -0.2) is 0 Å². The van der Waals surface area contributed by atoms with Gasteiger partial charge < -0.3 is 4.90 Å². The van der Waals surface area contributed by atoms with Gasteiger partial charge in [-0.1, -0.05) is 30.3 Å². The maximum Gasteiger partial charge on any atom is 0.114 e. The Morgan fingerprint density at radius 3 is 2.81 bits per heavy atom. The largest absolute Gasteiger partial charge is 0.325 e. The smallest absolute Gasteiger partial charge is 0.114 e. The summed E-state index contributed by atoms with van der Waals surface area (Å²) in [4.78, 5) is 10.6. The van der Waals surface area contributed by atoms with E-state index in [0.717, 1.165) is 11.3 Å². The molecule has 0 amide bonds. The highest BCUT2D eigenvalue weighted by Gasteiger charge is 2.13. The third-order valence-corrected chi connectivity index (χ3v) is 2.61. The van der Waals surface area contributed by atoms with E-state index in [1.807, 2.05) is 36.8 Å². The Balaban J connectivity index is 1.99. The van der Waals surface area contributed by atoms with Crippen LogP contribution in [0.5, 0.6) is 0 Å². The van der Waals surface area contributed by atoms with E-state index in [9.17, 15) is 0 Å². The first kappa shape index (κ1) is 9.09. The van der Waals surface area contributed by atoms with Crippen molar-refractivity contribution in [2.75, 3.05) is 6.67 Å². The van der Waals surface area contributed by atoms with Crippen LogP contribution in [-0.4, -0.2) is 24.0 Å². The molecular weight excluding hydrogens is 198 g/mol. The molecule has 1 aromatic rings. The zero-order valence-corrected chi connectivity index (χ0v) is 8.74. The zero-order valence-electron chi connectivity index (χ0n) is 8.74. The fraction of sp³-hybridized carbons (Fsp3) is 0.0769. The lowest BCUT2D eigenvalue weighted by molar-refractivity contribution is 0.532. The first-order valence-electron chi connectivity index (χ1n) is 5.20. The van der Waals surface area contributed by atoms with Crippen LogP contribution >= 0.6 is 0 Å². The second-order valence-electron chi connectivity index (χ2n) is 3.71. The summed E-state index contributed by atoms with van der Waals surface area (Å²) in [5.41, 5.74) is 3.33. The van der Waals surface area contributed by atoms with Gasteiger partial charge in [-0.2, -0.15) is 0 Å². The van der Waals surface area contributed by atoms with Crippen molar-refractivity contribution in [3.63, 3.8) is 0 Å². The van der Waals surface area contributed by atoms with Crippen LogP contribution in [0.3, 0.4) is 0 Å². The van der Waals surface area contributed by atoms with Gasteiger partial charge in [0.05, 0.1) is 11.9 Å². The molecule has 0 fully saturated rings. The number of hydrogen-bond donors (Lipinski definition) is 0. The highest BCUT2D eigenvalue weighted by atomic mass is 15.2. The Morgan fingerprint density at radius 2 is 1.94 bits per heavy atom. The zero-order chi connectivity index (χ0) is 10.8. The average molecular weight is 209 g/mol. The molecule has 0 radical (unpaired) electrons. The lowest BCUT2D eigenvalue weighted by atomic mass is 10.1. The molecule has 0 aliphatic carbocycles. The number of aliphatic imine (C=N–C) groups is 2. The summed E-state index contributed by atoms with van der Waals surface area (Å²) in [7, 11) is 0. The molecule has 0 atom stereocenters. The molecule has 3 nitrogen and oxygen atoms in total. The van der Waals surface area contributed by atoms with Crippen molar-refractivity contribution in [3.05, 3.63) is 54.0 Å². The number of benzene rings is 1. The predicted octanol–water partition coefficient (Wildman–Crippen LogP) is 2.30. The first-order chi connectivity index (χ1) is 7.93. The molecule has 0 saturated carbocycles. The van der Waals surface area contributed by atoms with Crippen LogP contribution in [0.4, 0.5) is 0 Å². The Bertz CT molecular complexity index is 509. The molecule has 3 rings (SSSR count). The molecule has 1 aromatic carbocycles. The summed E-state index contributed by atoms with van der Waals surface area (Å²) in [5.74, 6) is 0. The second kappa shape index (κ2) is 3.77. The number of hydrogen-bond acceptors (Lipinski definition) is 3. The monoisotopic (exact) mass is 209 g/mol. The summed E-state index contributed by atoms with van der Waals surface area (Å²) in [6, 6.07) is 10.2. The lowest BCUT2D eigenvalue weighted by Crippen LogP contribution is -2.11. The Labute approximate surface area is 94.1 Å². The lowest BCUT2D eigenvalue weighted by Gasteiger charge is -2.12. The first-order valence-corrected chi connectivity index (χ1v) is 5.20. The third kappa shape index (κ3) is 1.56. The van der Waals surface area contributed by atoms with Crippen molar-refractivity contribution in [2.45, 2.75) is 0 Å². The van der Waals surface area contributed by atoms with E-state index in [-0.39, 0.29) is 0 Å². The minimum Gasteiger partial charge on any atom is -0.325 e. The van der Waals surface area contributed by atoms with Gasteiger partial charge in [0, 0.05) is 24.2 Å². The average Bonchev–Trinajstić information content (AvgIpc) is 2.68. The van der Waals surface area contributed by atoms with E-state index in [2.05, 4.69) is 33.2 Å². The van der Waals surface area contributed by atoms with E-state index in [1.165, 1.54) is 5.56 Å². The standard InChI is InChI=1S/C13H11N3/c1-2-4-11(5-3-1)12-6-14-7-13-8-15-10-16(13)9-12/h1-9H,10H2. The molecule has 2 heterocycles. The maximum absolute atomic E-state index is 4.28. The third-order valence-electron chi connectivity index (χ3n) is 2.61. The van der Waals surface area contributed by atoms with Crippen molar-refractivity contribution < 1.29 is 0 Å². The fourth-order valence-corrected chi connectivity index (χ4v) is 1.78. The normalized spacial score (nSPS) is 17.9. The quantitative estimate of drug-likeness (QED) is 0.697. The molecular formula is C13H11N3. The number of fused-ring (bicyclic) bond motifs is 1. The van der Waals surface area contributed by atoms with Gasteiger partial charge in [-0.3, -0.25) is 9.98 Å². The second-order valence-corrected chi connectivity index (χ2v) is 3.71. The van der Waals surface area contributed by atoms with Crippen LogP contribution in [0.2, 0.25) is 0 Å². The van der Waals surface area contributed by atoms with E-state index in [0.29, 0.717) is 6.67 Å². The maximum atomic E-state index is 4.28. The number of allylic oxidation sites excluding steroid dienone is 2. The molecule has 0 spiro atoms. The Morgan fingerprint density at radius 1 is 1.06 bits per heavy atom. The van der Waals surface area contributed by atoms with Gasteiger partial charge in [-0.05, 0) is 5.56 Å². The van der Waals surface area contributed by atoms with E-state index < -0.39 is 0 Å². The fourth-order valence-electron chi connectivity index (χ4n) is 1.78. The molecule has 0 bridgehead atoms. The highest BCUT2D eigenvalue weighted by Crippen LogP contribution is 2.19. The van der Waals surface area contributed by atoms with E-state index in [1.54, 1.807) is 0 Å². The van der Waals surface area contributed by atoms with Crippen LogP contribution in [0.15, 0.2) is 58.4 Å². The van der Waals surface area contributed by atoms with Crippen molar-refractivity contribution >= 4 is 18.0 Å². The predicted molar refractivity (Wildman–Crippen MR) is 66.2 cm³/mol. The molecule has 0 aromatic heterocycles. The van der Waals surface area contributed by atoms with Gasteiger partial charge in [0.1, 0.15) is 6.67 Å². The molecule has 78 valence electrons. The van der Waals surface area contributed by atoms with Crippen molar-refractivity contribution in [1.82, 2.24) is 4.90 Å². The molecule has 2 aliphatic rings. The molecule has 0 N–H and O–H groups in total. The van der Waals surface area contributed by atoms with Crippen molar-refractivity contribution in [1.29, 1.82) is 0 Å². The van der Waals surface area contributed by atoms with Crippen molar-refractivity contribution in [2.24, 2.45) is 9.98 Å². The topological polar surface area (TPSA) is 28.0 Å². The van der Waals surface area contributed by atoms with Crippen LogP contribution in [0.1, 0.15) is 5.56 Å². The minimum atomic E-state index is 0.686. The van der Waals surface area contributed by atoms with E-state index >= 15 is 0 Å². The SMILES string of the molecule is C1=NC=C2C=NCN2C=C1c1ccccc1. The molecule has 16 heavy (non-hydrogen) atoms. The van der Waals surface area contributed by atoms with Gasteiger partial charge in [0.15, 0.2) is 0 Å². The summed E-state index contributed by atoms with van der Waals surface area (Å²) < 4.78 is 0. The van der Waals surface area contributed by atoms with Crippen LogP contribution in [0.25, 0.3) is 5.57 Å². The van der Waals surface area contributed by atoms with Crippen molar-refractivity contribution in [3.8, 4) is 0 Å². The summed E-state index contributed by atoms with van der Waals surface area (Å²) in [5, 5.41) is 0. The Hall–Kier alpha value is -2.16. The minimum absolute atomic E-state index is 0.686. The molecule has 3 heteroatoms. The summed E-state index contributed by atoms with van der Waals surface area (Å²) >= 11 is 0. The van der Waals surface area contributed by atoms with Gasteiger partial charge in [0.25, 0.3) is 0 Å². The van der Waals surface area contributed by atoms with Gasteiger partial charge in [-0.15, -0.1) is 0 Å². The Kier molecular flexibility index (Phi) is 2.14. The van der Waals surface area contributed by atoms with E-state index in [4.69, 9.17) is 0 Å².